The number of rotatable bonds is 5. The van der Waals surface area contributed by atoms with Crippen molar-refractivity contribution in [1.29, 1.82) is 0 Å². The number of nitrogens with one attached hydrogen (secondary N) is 2. The third-order valence-corrected chi connectivity index (χ3v) is 2.77. The Hall–Kier alpha value is -1.90. The number of carbonyl (C=O) groups excluding carboxylic acids is 1. The molecular weight excluding hydrogens is 250 g/mol. The molecule has 3 N–H and O–H groups in total. The number of carbonyl (C=O) groups is 2. The number of hydrogen-bond acceptors (Lipinski definition) is 5. The zero-order valence-corrected chi connectivity index (χ0v) is 9.74. The van der Waals surface area contributed by atoms with Gasteiger partial charge >= 0.3 is 5.97 Å². The van der Waals surface area contributed by atoms with Crippen molar-refractivity contribution < 1.29 is 23.1 Å². The van der Waals surface area contributed by atoms with Crippen molar-refractivity contribution in [2.45, 2.75) is 0 Å². The minimum atomic E-state index is -3.17. The molecule has 9 heteroatoms. The van der Waals surface area contributed by atoms with Gasteiger partial charge in [-0.15, -0.1) is 0 Å². The van der Waals surface area contributed by atoms with Crippen molar-refractivity contribution in [3.63, 3.8) is 0 Å². The Kier molecular flexibility index (Phi) is 3.84. The van der Waals surface area contributed by atoms with E-state index in [0.29, 0.717) is 0 Å². The number of H-pyrrole nitrogens is 1. The molecule has 0 aliphatic rings. The molecule has 1 rings (SSSR count). The average molecular weight is 261 g/mol. The molecule has 1 amide bonds. The Labute approximate surface area is 97.0 Å². The van der Waals surface area contributed by atoms with E-state index in [-0.39, 0.29) is 23.7 Å². The van der Waals surface area contributed by atoms with Gasteiger partial charge in [-0.2, -0.15) is 0 Å². The highest BCUT2D eigenvalue weighted by Gasteiger charge is 2.19. The highest BCUT2D eigenvalue weighted by molar-refractivity contribution is 7.90. The zero-order chi connectivity index (χ0) is 13.1. The number of carboxylic acids is 1. The number of nitrogens with zero attached hydrogens (tertiary/aromatic N) is 1. The highest BCUT2D eigenvalue weighted by atomic mass is 32.2. The molecule has 94 valence electrons. The van der Waals surface area contributed by atoms with Crippen LogP contribution in [0.3, 0.4) is 0 Å². The van der Waals surface area contributed by atoms with Crippen LogP contribution in [0.4, 0.5) is 0 Å². The van der Waals surface area contributed by atoms with Crippen LogP contribution in [0, 0.1) is 0 Å². The van der Waals surface area contributed by atoms with E-state index >= 15 is 0 Å². The lowest BCUT2D eigenvalue weighted by Gasteiger charge is -2.02. The first-order valence-electron chi connectivity index (χ1n) is 4.54. The molecule has 1 aromatic heterocycles. The fourth-order valence-corrected chi connectivity index (χ4v) is 1.54. The number of carboxylic acid groups (broad SMARTS) is 1. The predicted octanol–water partition coefficient (Wildman–Crippen LogP) is -1.12. The van der Waals surface area contributed by atoms with E-state index in [1.54, 1.807) is 0 Å². The van der Waals surface area contributed by atoms with Crippen LogP contribution < -0.4 is 5.32 Å². The van der Waals surface area contributed by atoms with Crippen molar-refractivity contribution in [2.75, 3.05) is 18.6 Å². The average Bonchev–Trinajstić information content (AvgIpc) is 2.63. The molecule has 17 heavy (non-hydrogen) atoms. The number of hydrogen-bond donors (Lipinski definition) is 3. The molecular formula is C8H11N3O5S. The van der Waals surface area contributed by atoms with Crippen LogP contribution >= 0.6 is 0 Å². The number of aromatic amines is 1. The number of amides is 1. The number of aromatic carboxylic acids is 1. The van der Waals surface area contributed by atoms with Gasteiger partial charge < -0.3 is 15.4 Å². The monoisotopic (exact) mass is 261 g/mol. The molecule has 0 radical (unpaired) electrons. The predicted molar refractivity (Wildman–Crippen MR) is 57.6 cm³/mol. The molecule has 1 aromatic rings. The summed E-state index contributed by atoms with van der Waals surface area (Å²) in [6, 6.07) is 0. The second-order valence-corrected chi connectivity index (χ2v) is 5.58. The molecule has 0 aromatic carbocycles. The molecule has 0 aliphatic carbocycles. The number of imidazole rings is 1. The van der Waals surface area contributed by atoms with Gasteiger partial charge in [0.1, 0.15) is 9.84 Å². The van der Waals surface area contributed by atoms with Gasteiger partial charge in [0.15, 0.2) is 11.4 Å². The van der Waals surface area contributed by atoms with Crippen molar-refractivity contribution in [1.82, 2.24) is 15.3 Å². The van der Waals surface area contributed by atoms with E-state index in [9.17, 15) is 18.0 Å². The summed E-state index contributed by atoms with van der Waals surface area (Å²) < 4.78 is 21.6. The fourth-order valence-electron chi connectivity index (χ4n) is 1.06. The van der Waals surface area contributed by atoms with Gasteiger partial charge in [0.2, 0.25) is 0 Å². The summed E-state index contributed by atoms with van der Waals surface area (Å²) in [4.78, 5) is 28.0. The molecule has 8 nitrogen and oxygen atoms in total. The largest absolute Gasteiger partial charge is 0.477 e. The molecule has 0 atom stereocenters. The lowest BCUT2D eigenvalue weighted by atomic mass is 10.3. The second-order valence-electron chi connectivity index (χ2n) is 3.32. The number of sulfone groups is 1. The smallest absolute Gasteiger partial charge is 0.354 e. The van der Waals surface area contributed by atoms with Crippen LogP contribution in [-0.2, 0) is 9.84 Å². The van der Waals surface area contributed by atoms with E-state index < -0.39 is 21.7 Å². The fraction of sp³-hybridized carbons (Fsp3) is 0.375. The maximum atomic E-state index is 11.5. The Morgan fingerprint density at radius 3 is 2.71 bits per heavy atom. The van der Waals surface area contributed by atoms with Crippen LogP contribution in [0.25, 0.3) is 0 Å². The lowest BCUT2D eigenvalue weighted by molar-refractivity contribution is 0.0685. The maximum absolute atomic E-state index is 11.5. The van der Waals surface area contributed by atoms with Crippen molar-refractivity contribution in [3.05, 3.63) is 17.7 Å². The molecule has 0 unspecified atom stereocenters. The zero-order valence-electron chi connectivity index (χ0n) is 8.93. The summed E-state index contributed by atoms with van der Waals surface area (Å²) in [5.74, 6) is -2.26. The highest BCUT2D eigenvalue weighted by Crippen LogP contribution is 2.02. The molecule has 0 aliphatic heterocycles. The minimum absolute atomic E-state index is 0.0937. The van der Waals surface area contributed by atoms with Crippen molar-refractivity contribution in [2.24, 2.45) is 0 Å². The standard InChI is InChI=1S/C8H11N3O5S/c1-17(15,16)3-2-9-7(12)5-6(8(13)14)11-4-10-5/h4H,2-3H2,1H3,(H,9,12)(H,10,11)(H,13,14). The SMILES string of the molecule is CS(=O)(=O)CCNC(=O)c1nc[nH]c1C(=O)O. The summed E-state index contributed by atoms with van der Waals surface area (Å²) in [7, 11) is -3.17. The normalized spacial score (nSPS) is 11.1. The van der Waals surface area contributed by atoms with Crippen LogP contribution in [0.1, 0.15) is 21.0 Å². The molecule has 0 saturated heterocycles. The molecule has 1 heterocycles. The Balaban J connectivity index is 2.65. The molecule has 0 bridgehead atoms. The Morgan fingerprint density at radius 2 is 2.18 bits per heavy atom. The lowest BCUT2D eigenvalue weighted by Crippen LogP contribution is -2.30. The summed E-state index contributed by atoms with van der Waals surface area (Å²) in [6.45, 7) is -0.0937. The van der Waals surface area contributed by atoms with Crippen LogP contribution in [0.5, 0.6) is 0 Å². The summed E-state index contributed by atoms with van der Waals surface area (Å²) in [6.07, 6.45) is 2.12. The maximum Gasteiger partial charge on any atom is 0.354 e. The topological polar surface area (TPSA) is 129 Å². The van der Waals surface area contributed by atoms with E-state index in [0.717, 1.165) is 12.6 Å². The van der Waals surface area contributed by atoms with Gasteiger partial charge in [-0.25, -0.2) is 18.2 Å². The first-order valence-corrected chi connectivity index (χ1v) is 6.60. The van der Waals surface area contributed by atoms with E-state index in [1.165, 1.54) is 0 Å². The van der Waals surface area contributed by atoms with Gasteiger partial charge in [0.05, 0.1) is 12.1 Å². The minimum Gasteiger partial charge on any atom is -0.477 e. The van der Waals surface area contributed by atoms with Crippen molar-refractivity contribution in [3.8, 4) is 0 Å². The Bertz CT molecular complexity index is 533. The molecule has 0 fully saturated rings. The summed E-state index contributed by atoms with van der Waals surface area (Å²) in [5.41, 5.74) is -0.604. The third-order valence-electron chi connectivity index (χ3n) is 1.83. The Morgan fingerprint density at radius 1 is 1.53 bits per heavy atom. The van der Waals surface area contributed by atoms with Gasteiger partial charge in [-0.05, 0) is 0 Å². The number of aromatic nitrogens is 2. The van der Waals surface area contributed by atoms with Crippen LogP contribution in [0.2, 0.25) is 0 Å². The quantitative estimate of drug-likeness (QED) is 0.615. The first-order chi connectivity index (χ1) is 7.81. The van der Waals surface area contributed by atoms with E-state index in [2.05, 4.69) is 15.3 Å². The van der Waals surface area contributed by atoms with Gasteiger partial charge in [0, 0.05) is 12.8 Å². The van der Waals surface area contributed by atoms with Crippen molar-refractivity contribution >= 4 is 21.7 Å². The van der Waals surface area contributed by atoms with E-state index in [4.69, 9.17) is 5.11 Å². The summed E-state index contributed by atoms with van der Waals surface area (Å²) in [5, 5.41) is 11.0. The van der Waals surface area contributed by atoms with Gasteiger partial charge in [0.25, 0.3) is 5.91 Å². The van der Waals surface area contributed by atoms with Gasteiger partial charge in [-0.3, -0.25) is 4.79 Å². The van der Waals surface area contributed by atoms with Crippen LogP contribution in [0.15, 0.2) is 6.33 Å². The third kappa shape index (κ3) is 3.87. The second kappa shape index (κ2) is 4.95. The first kappa shape index (κ1) is 13.2. The van der Waals surface area contributed by atoms with Crippen LogP contribution in [-0.4, -0.2) is 53.9 Å². The van der Waals surface area contributed by atoms with Gasteiger partial charge in [-0.1, -0.05) is 0 Å². The van der Waals surface area contributed by atoms with E-state index in [1.807, 2.05) is 0 Å². The molecule has 0 saturated carbocycles. The summed E-state index contributed by atoms with van der Waals surface area (Å²) >= 11 is 0. The molecule has 0 spiro atoms.